The van der Waals surface area contributed by atoms with Crippen LogP contribution in [-0.2, 0) is 24.0 Å². The van der Waals surface area contributed by atoms with Crippen LogP contribution >= 0.6 is 0 Å². The monoisotopic (exact) mass is 333 g/mol. The molecule has 0 saturated carbocycles. The fourth-order valence-corrected chi connectivity index (χ4v) is 2.83. The SMILES string of the molecule is CCC1(CC)O[C@H](c2ccccc2F)[C@@H](COS(N)(=O)=O)O1. The maximum atomic E-state index is 14.0. The molecule has 0 amide bonds. The second kappa shape index (κ2) is 6.59. The molecule has 8 heteroatoms. The average molecular weight is 333 g/mol. The average Bonchev–Trinajstić information content (AvgIpc) is 2.85. The van der Waals surface area contributed by atoms with Crippen LogP contribution in [0.5, 0.6) is 0 Å². The lowest BCUT2D eigenvalue weighted by atomic mass is 10.0. The van der Waals surface area contributed by atoms with Gasteiger partial charge >= 0.3 is 10.3 Å². The van der Waals surface area contributed by atoms with Gasteiger partial charge in [0.2, 0.25) is 0 Å². The molecule has 2 N–H and O–H groups in total. The number of hydrogen-bond donors (Lipinski definition) is 1. The Morgan fingerprint density at radius 2 is 1.91 bits per heavy atom. The summed E-state index contributed by atoms with van der Waals surface area (Å²) in [6.07, 6.45) is -0.446. The Kier molecular flexibility index (Phi) is 5.18. The zero-order valence-corrected chi connectivity index (χ0v) is 13.3. The molecule has 1 aromatic carbocycles. The fourth-order valence-electron chi connectivity index (χ4n) is 2.51. The smallest absolute Gasteiger partial charge is 0.333 e. The molecule has 1 fully saturated rings. The third-order valence-corrected chi connectivity index (χ3v) is 4.20. The Morgan fingerprint density at radius 3 is 2.45 bits per heavy atom. The lowest BCUT2D eigenvalue weighted by molar-refractivity contribution is -0.181. The second-order valence-electron chi connectivity index (χ2n) is 5.11. The highest BCUT2D eigenvalue weighted by Gasteiger charge is 2.47. The first-order chi connectivity index (χ1) is 10.3. The molecular weight excluding hydrogens is 313 g/mol. The number of benzene rings is 1. The molecule has 2 atom stereocenters. The fraction of sp³-hybridized carbons (Fsp3) is 0.571. The molecule has 1 aliphatic heterocycles. The summed E-state index contributed by atoms with van der Waals surface area (Å²) in [6.45, 7) is 3.43. The minimum absolute atomic E-state index is 0.300. The maximum Gasteiger partial charge on any atom is 0.333 e. The van der Waals surface area contributed by atoms with E-state index in [9.17, 15) is 12.8 Å². The van der Waals surface area contributed by atoms with Crippen LogP contribution in [0.15, 0.2) is 24.3 Å². The van der Waals surface area contributed by atoms with Gasteiger partial charge in [-0.25, -0.2) is 9.53 Å². The maximum absolute atomic E-state index is 14.0. The van der Waals surface area contributed by atoms with Gasteiger partial charge in [0.05, 0.1) is 6.61 Å². The van der Waals surface area contributed by atoms with Gasteiger partial charge in [0.25, 0.3) is 0 Å². The number of halogens is 1. The van der Waals surface area contributed by atoms with Crippen molar-refractivity contribution in [3.8, 4) is 0 Å². The van der Waals surface area contributed by atoms with Gasteiger partial charge in [-0.15, -0.1) is 0 Å². The highest BCUT2D eigenvalue weighted by atomic mass is 32.2. The molecule has 2 rings (SSSR count). The van der Waals surface area contributed by atoms with E-state index in [1.807, 2.05) is 13.8 Å². The molecule has 1 heterocycles. The van der Waals surface area contributed by atoms with E-state index < -0.39 is 34.1 Å². The van der Waals surface area contributed by atoms with Crippen LogP contribution in [0, 0.1) is 5.82 Å². The highest BCUT2D eigenvalue weighted by molar-refractivity contribution is 7.84. The molecule has 22 heavy (non-hydrogen) atoms. The van der Waals surface area contributed by atoms with Crippen molar-refractivity contribution in [3.63, 3.8) is 0 Å². The van der Waals surface area contributed by atoms with Crippen molar-refractivity contribution >= 4 is 10.3 Å². The van der Waals surface area contributed by atoms with E-state index in [4.69, 9.17) is 14.6 Å². The number of rotatable bonds is 6. The van der Waals surface area contributed by atoms with Crippen LogP contribution in [0.2, 0.25) is 0 Å². The van der Waals surface area contributed by atoms with Crippen molar-refractivity contribution < 1.29 is 26.5 Å². The third kappa shape index (κ3) is 3.82. The van der Waals surface area contributed by atoms with Crippen molar-refractivity contribution in [1.29, 1.82) is 0 Å². The Bertz CT molecular complexity index is 617. The normalized spacial score (nSPS) is 24.5. The van der Waals surface area contributed by atoms with Crippen LogP contribution in [0.3, 0.4) is 0 Å². The summed E-state index contributed by atoms with van der Waals surface area (Å²) >= 11 is 0. The van der Waals surface area contributed by atoms with Gasteiger partial charge < -0.3 is 9.47 Å². The highest BCUT2D eigenvalue weighted by Crippen LogP contribution is 2.42. The molecule has 0 aliphatic carbocycles. The Morgan fingerprint density at radius 1 is 1.27 bits per heavy atom. The standard InChI is InChI=1S/C14H20FNO5S/c1-3-14(4-2)20-12(9-19-22(16,17)18)13(21-14)10-7-5-6-8-11(10)15/h5-8,12-13H,3-4,9H2,1-2H3,(H2,16,17,18)/t12-,13-/m1/s1. The van der Waals surface area contributed by atoms with E-state index >= 15 is 0 Å². The Hall–Kier alpha value is -1.06. The molecule has 0 aromatic heterocycles. The molecule has 0 spiro atoms. The van der Waals surface area contributed by atoms with Gasteiger partial charge in [-0.05, 0) is 18.9 Å². The topological polar surface area (TPSA) is 87.9 Å². The van der Waals surface area contributed by atoms with Gasteiger partial charge in [0.1, 0.15) is 18.0 Å². The molecule has 1 aromatic rings. The number of hydrogen-bond acceptors (Lipinski definition) is 5. The van der Waals surface area contributed by atoms with Crippen molar-refractivity contribution in [2.45, 2.75) is 44.7 Å². The van der Waals surface area contributed by atoms with E-state index in [2.05, 4.69) is 4.18 Å². The van der Waals surface area contributed by atoms with Crippen LogP contribution in [-0.4, -0.2) is 26.9 Å². The summed E-state index contributed by atoms with van der Waals surface area (Å²) in [5.41, 5.74) is 0.300. The minimum atomic E-state index is -4.11. The van der Waals surface area contributed by atoms with Crippen LogP contribution in [0.4, 0.5) is 4.39 Å². The predicted molar refractivity (Wildman–Crippen MR) is 77.5 cm³/mol. The molecule has 1 aliphatic rings. The quantitative estimate of drug-likeness (QED) is 0.860. The molecular formula is C14H20FNO5S. The van der Waals surface area contributed by atoms with Crippen LogP contribution in [0.1, 0.15) is 38.4 Å². The van der Waals surface area contributed by atoms with Crippen LogP contribution < -0.4 is 5.14 Å². The molecule has 0 unspecified atom stereocenters. The van der Waals surface area contributed by atoms with Crippen molar-refractivity contribution in [2.24, 2.45) is 5.14 Å². The summed E-state index contributed by atoms with van der Waals surface area (Å²) in [4.78, 5) is 0. The van der Waals surface area contributed by atoms with Gasteiger partial charge in [-0.1, -0.05) is 32.0 Å². The van der Waals surface area contributed by atoms with E-state index in [1.54, 1.807) is 18.2 Å². The van der Waals surface area contributed by atoms with Crippen molar-refractivity contribution in [1.82, 2.24) is 0 Å². The largest absolute Gasteiger partial charge is 0.341 e. The summed E-state index contributed by atoms with van der Waals surface area (Å²) in [5, 5.41) is 4.84. The van der Waals surface area contributed by atoms with Gasteiger partial charge in [-0.3, -0.25) is 4.18 Å². The van der Waals surface area contributed by atoms with Gasteiger partial charge in [0, 0.05) is 5.56 Å². The molecule has 6 nitrogen and oxygen atoms in total. The summed E-state index contributed by atoms with van der Waals surface area (Å²) in [7, 11) is -4.11. The lowest BCUT2D eigenvalue weighted by Gasteiger charge is -2.25. The number of ether oxygens (including phenoxy) is 2. The van der Waals surface area contributed by atoms with E-state index in [0.717, 1.165) is 0 Å². The first kappa shape index (κ1) is 17.3. The Labute approximate surface area is 129 Å². The summed E-state index contributed by atoms with van der Waals surface area (Å²) in [6, 6.07) is 6.14. The molecule has 0 radical (unpaired) electrons. The molecule has 124 valence electrons. The second-order valence-corrected chi connectivity index (χ2v) is 6.33. The van der Waals surface area contributed by atoms with Crippen molar-refractivity contribution in [3.05, 3.63) is 35.6 Å². The van der Waals surface area contributed by atoms with Crippen LogP contribution in [0.25, 0.3) is 0 Å². The molecule has 0 bridgehead atoms. The summed E-state index contributed by atoms with van der Waals surface area (Å²) < 4.78 is 52.4. The lowest BCUT2D eigenvalue weighted by Crippen LogP contribution is -2.31. The first-order valence-electron chi connectivity index (χ1n) is 7.07. The summed E-state index contributed by atoms with van der Waals surface area (Å²) in [5.74, 6) is -1.33. The van der Waals surface area contributed by atoms with E-state index in [0.29, 0.717) is 18.4 Å². The van der Waals surface area contributed by atoms with Crippen molar-refractivity contribution in [2.75, 3.05) is 6.61 Å². The third-order valence-electron chi connectivity index (χ3n) is 3.73. The predicted octanol–water partition coefficient (Wildman–Crippen LogP) is 2.02. The van der Waals surface area contributed by atoms with E-state index in [1.165, 1.54) is 6.07 Å². The van der Waals surface area contributed by atoms with E-state index in [-0.39, 0.29) is 6.61 Å². The zero-order chi connectivity index (χ0) is 16.4. The Balaban J connectivity index is 2.29. The minimum Gasteiger partial charge on any atom is -0.341 e. The zero-order valence-electron chi connectivity index (χ0n) is 12.5. The van der Waals surface area contributed by atoms with Gasteiger partial charge in [0.15, 0.2) is 5.79 Å². The van der Waals surface area contributed by atoms with Gasteiger partial charge in [-0.2, -0.15) is 8.42 Å². The first-order valence-corrected chi connectivity index (χ1v) is 8.54. The molecule has 1 saturated heterocycles. The number of nitrogens with two attached hydrogens (primary N) is 1.